The van der Waals surface area contributed by atoms with E-state index in [9.17, 15) is 22.8 Å². The minimum Gasteiger partial charge on any atom is -0.336 e. The Hall–Kier alpha value is -3.21. The zero-order valence-corrected chi connectivity index (χ0v) is 21.8. The summed E-state index contributed by atoms with van der Waals surface area (Å²) < 4.78 is 26.9. The number of hydrogen-bond acceptors (Lipinski definition) is 6. The van der Waals surface area contributed by atoms with Gasteiger partial charge in [-0.3, -0.25) is 14.4 Å². The Morgan fingerprint density at radius 1 is 0.917 bits per heavy atom. The summed E-state index contributed by atoms with van der Waals surface area (Å²) in [5, 5.41) is 2.62. The van der Waals surface area contributed by atoms with E-state index in [0.29, 0.717) is 10.6 Å². The number of rotatable bonds is 6. The molecule has 0 spiro atoms. The number of nitrogens with zero attached hydrogens (tertiary/aromatic N) is 2. The molecule has 188 valence electrons. The van der Waals surface area contributed by atoms with Gasteiger partial charge in [-0.1, -0.05) is 35.9 Å². The molecule has 0 unspecified atom stereocenters. The van der Waals surface area contributed by atoms with Crippen LogP contribution in [0.4, 0.5) is 0 Å². The molecule has 36 heavy (non-hydrogen) atoms. The molecule has 1 saturated heterocycles. The predicted molar refractivity (Wildman–Crippen MR) is 138 cm³/mol. The predicted octanol–water partition coefficient (Wildman–Crippen LogP) is 3.22. The van der Waals surface area contributed by atoms with Gasteiger partial charge in [0.15, 0.2) is 0 Å². The van der Waals surface area contributed by atoms with E-state index in [0.717, 1.165) is 16.9 Å². The number of hydrogen-bond donors (Lipinski definition) is 1. The zero-order valence-electron chi connectivity index (χ0n) is 19.4. The monoisotopic (exact) mass is 545 g/mol. The second-order valence-electron chi connectivity index (χ2n) is 8.26. The van der Waals surface area contributed by atoms with E-state index in [-0.39, 0.29) is 41.9 Å². The molecule has 1 N–H and O–H groups in total. The maximum atomic E-state index is 13.5. The number of carbonyl (C=O) groups is 3. The van der Waals surface area contributed by atoms with E-state index < -0.39 is 27.0 Å². The minimum atomic E-state index is -4.29. The molecule has 1 aliphatic rings. The van der Waals surface area contributed by atoms with Crippen LogP contribution in [0.2, 0.25) is 5.02 Å². The second kappa shape index (κ2) is 10.8. The number of aryl methyl sites for hydroxylation is 1. The highest BCUT2D eigenvalue weighted by molar-refractivity contribution is 7.92. The van der Waals surface area contributed by atoms with E-state index in [1.165, 1.54) is 29.2 Å². The third-order valence-corrected chi connectivity index (χ3v) is 8.93. The molecule has 0 bridgehead atoms. The summed E-state index contributed by atoms with van der Waals surface area (Å²) in [6.07, 6.45) is 0. The molecule has 1 aliphatic heterocycles. The van der Waals surface area contributed by atoms with Crippen LogP contribution in [0.15, 0.2) is 70.9 Å². The molecule has 11 heteroatoms. The Bertz CT molecular complexity index is 1370. The standard InChI is InChI=1S/C25H24ClN3O5S2/c1-17-5-2-3-6-20(17)24(31)28-12-14-29(15-13-28)25(32)23(27-22(30)21-7-4-16-35-21)36(33,34)19-10-8-18(26)9-11-19/h2-11,16,23H,12-15H2,1H3,(H,27,30)/t23-/m1/s1. The van der Waals surface area contributed by atoms with Crippen molar-refractivity contribution in [1.29, 1.82) is 0 Å². The van der Waals surface area contributed by atoms with Crippen molar-refractivity contribution in [3.8, 4) is 0 Å². The lowest BCUT2D eigenvalue weighted by Gasteiger charge is -2.36. The van der Waals surface area contributed by atoms with Crippen molar-refractivity contribution in [3.63, 3.8) is 0 Å². The quantitative estimate of drug-likeness (QED) is 0.512. The Morgan fingerprint density at radius 3 is 2.17 bits per heavy atom. The number of nitrogens with one attached hydrogen (secondary N) is 1. The van der Waals surface area contributed by atoms with Gasteiger partial charge in [0, 0.05) is 36.8 Å². The molecule has 1 aromatic heterocycles. The summed E-state index contributed by atoms with van der Waals surface area (Å²) in [6.45, 7) is 2.61. The Kier molecular flexibility index (Phi) is 7.77. The lowest BCUT2D eigenvalue weighted by molar-refractivity contribution is -0.132. The van der Waals surface area contributed by atoms with Crippen LogP contribution in [0.5, 0.6) is 0 Å². The molecule has 0 saturated carbocycles. The number of amides is 3. The Morgan fingerprint density at radius 2 is 1.56 bits per heavy atom. The van der Waals surface area contributed by atoms with Gasteiger partial charge in [-0.05, 0) is 54.3 Å². The molecule has 0 radical (unpaired) electrons. The summed E-state index contributed by atoms with van der Waals surface area (Å²) in [5.74, 6) is -1.55. The van der Waals surface area contributed by atoms with Crippen LogP contribution in [0, 0.1) is 6.92 Å². The van der Waals surface area contributed by atoms with Crippen LogP contribution >= 0.6 is 22.9 Å². The van der Waals surface area contributed by atoms with Gasteiger partial charge in [0.25, 0.3) is 17.7 Å². The summed E-state index contributed by atoms with van der Waals surface area (Å²) in [4.78, 5) is 42.4. The van der Waals surface area contributed by atoms with Crippen LogP contribution in [0.1, 0.15) is 25.6 Å². The number of thiophene rings is 1. The van der Waals surface area contributed by atoms with Crippen LogP contribution in [0.3, 0.4) is 0 Å². The summed E-state index contributed by atoms with van der Waals surface area (Å²) in [6, 6.07) is 15.9. The third-order valence-electron chi connectivity index (χ3n) is 5.94. The first kappa shape index (κ1) is 25.9. The highest BCUT2D eigenvalue weighted by atomic mass is 35.5. The minimum absolute atomic E-state index is 0.134. The van der Waals surface area contributed by atoms with E-state index >= 15 is 0 Å². The maximum absolute atomic E-state index is 13.5. The number of piperazine rings is 1. The fraction of sp³-hybridized carbons (Fsp3) is 0.240. The van der Waals surface area contributed by atoms with Gasteiger partial charge < -0.3 is 15.1 Å². The second-order valence-corrected chi connectivity index (χ2v) is 11.7. The van der Waals surface area contributed by atoms with Crippen LogP contribution < -0.4 is 5.32 Å². The van der Waals surface area contributed by atoms with E-state index in [4.69, 9.17) is 11.6 Å². The topological polar surface area (TPSA) is 104 Å². The molecule has 3 amide bonds. The van der Waals surface area contributed by atoms with Gasteiger partial charge in [-0.2, -0.15) is 0 Å². The lowest BCUT2D eigenvalue weighted by atomic mass is 10.1. The number of benzene rings is 2. The molecule has 1 atom stereocenters. The van der Waals surface area contributed by atoms with Crippen molar-refractivity contribution in [2.75, 3.05) is 26.2 Å². The van der Waals surface area contributed by atoms with E-state index in [2.05, 4.69) is 5.32 Å². The molecule has 2 heterocycles. The van der Waals surface area contributed by atoms with Crippen molar-refractivity contribution in [2.45, 2.75) is 17.2 Å². The lowest BCUT2D eigenvalue weighted by Crippen LogP contribution is -2.57. The largest absolute Gasteiger partial charge is 0.336 e. The number of halogens is 1. The maximum Gasteiger partial charge on any atom is 0.262 e. The SMILES string of the molecule is Cc1ccccc1C(=O)N1CCN(C(=O)[C@H](NC(=O)c2cccs2)S(=O)(=O)c2ccc(Cl)cc2)CC1. The smallest absolute Gasteiger partial charge is 0.262 e. The van der Waals surface area contributed by atoms with Crippen molar-refractivity contribution in [3.05, 3.63) is 87.1 Å². The number of sulfone groups is 1. The van der Waals surface area contributed by atoms with Crippen molar-refractivity contribution in [2.24, 2.45) is 0 Å². The summed E-state index contributed by atoms with van der Waals surface area (Å²) in [7, 11) is -4.29. The fourth-order valence-corrected chi connectivity index (χ4v) is 6.13. The normalized spacial score (nSPS) is 14.8. The average molecular weight is 546 g/mol. The first-order valence-corrected chi connectivity index (χ1v) is 14.0. The van der Waals surface area contributed by atoms with Gasteiger partial charge in [-0.25, -0.2) is 8.42 Å². The first-order chi connectivity index (χ1) is 17.2. The zero-order chi connectivity index (χ0) is 25.9. The molecule has 1 fully saturated rings. The van der Waals surface area contributed by atoms with Crippen molar-refractivity contribution >= 4 is 50.5 Å². The van der Waals surface area contributed by atoms with Gasteiger partial charge in [0.05, 0.1) is 9.77 Å². The van der Waals surface area contributed by atoms with Gasteiger partial charge in [0.1, 0.15) is 0 Å². The first-order valence-electron chi connectivity index (χ1n) is 11.2. The van der Waals surface area contributed by atoms with Crippen LogP contribution in [-0.2, 0) is 14.6 Å². The molecule has 0 aliphatic carbocycles. The summed E-state index contributed by atoms with van der Waals surface area (Å²) in [5.41, 5.74) is 1.44. The molecular weight excluding hydrogens is 522 g/mol. The summed E-state index contributed by atoms with van der Waals surface area (Å²) >= 11 is 7.04. The van der Waals surface area contributed by atoms with Gasteiger partial charge in [-0.15, -0.1) is 11.3 Å². The molecule has 8 nitrogen and oxygen atoms in total. The van der Waals surface area contributed by atoms with Crippen molar-refractivity contribution in [1.82, 2.24) is 15.1 Å². The fourth-order valence-electron chi connectivity index (χ4n) is 3.91. The van der Waals surface area contributed by atoms with E-state index in [1.54, 1.807) is 34.5 Å². The average Bonchev–Trinajstić information content (AvgIpc) is 3.42. The number of carbonyl (C=O) groups excluding carboxylic acids is 3. The Labute approximate surface area is 218 Å². The Balaban J connectivity index is 1.54. The molecule has 4 rings (SSSR count). The third kappa shape index (κ3) is 5.45. The molecular formula is C25H24ClN3O5S2. The van der Waals surface area contributed by atoms with Crippen LogP contribution in [0.25, 0.3) is 0 Å². The van der Waals surface area contributed by atoms with Crippen LogP contribution in [-0.4, -0.2) is 67.5 Å². The van der Waals surface area contributed by atoms with Crippen molar-refractivity contribution < 1.29 is 22.8 Å². The highest BCUT2D eigenvalue weighted by Crippen LogP contribution is 2.21. The van der Waals surface area contributed by atoms with Gasteiger partial charge in [0.2, 0.25) is 15.2 Å². The molecule has 3 aromatic rings. The molecule has 2 aromatic carbocycles. The highest BCUT2D eigenvalue weighted by Gasteiger charge is 2.39. The van der Waals surface area contributed by atoms with E-state index in [1.807, 2.05) is 19.1 Å². The van der Waals surface area contributed by atoms with Gasteiger partial charge >= 0.3 is 0 Å².